The molecular weight excluding hydrogens is 428 g/mol. The molecular formula is C22H32N6O5. The molecule has 2 aromatic rings. The van der Waals surface area contributed by atoms with Gasteiger partial charge in [-0.15, -0.1) is 0 Å². The van der Waals surface area contributed by atoms with E-state index in [1.807, 2.05) is 23.2 Å². The molecule has 1 aliphatic heterocycles. The Labute approximate surface area is 193 Å². The lowest BCUT2D eigenvalue weighted by atomic mass is 10.1. The third kappa shape index (κ3) is 7.32. The zero-order chi connectivity index (χ0) is 23.5. The topological polar surface area (TPSA) is 126 Å². The molecule has 2 N–H and O–H groups in total. The standard InChI is InChI=1S/C22H32N6O5/c1-24-19-20(23)26-22(33-12-11-29-2)27-21(19)28(15-30-3)14-16-5-6-17(25-13-16)7-8-18-31-9-4-10-32-18/h5-6,13,18H,1,4,7-12,14-15H2,2-3H3,(H2,23,26,27). The van der Waals surface area contributed by atoms with Gasteiger partial charge in [0.15, 0.2) is 17.9 Å². The molecule has 11 nitrogen and oxygen atoms in total. The van der Waals surface area contributed by atoms with Crippen molar-refractivity contribution in [2.45, 2.75) is 32.1 Å². The summed E-state index contributed by atoms with van der Waals surface area (Å²) in [6.45, 7) is 6.51. The van der Waals surface area contributed by atoms with Crippen LogP contribution in [0.25, 0.3) is 0 Å². The highest BCUT2D eigenvalue weighted by Crippen LogP contribution is 2.33. The van der Waals surface area contributed by atoms with Crippen LogP contribution in [0.5, 0.6) is 6.01 Å². The van der Waals surface area contributed by atoms with Crippen LogP contribution in [0.1, 0.15) is 24.1 Å². The van der Waals surface area contributed by atoms with E-state index in [1.54, 1.807) is 14.2 Å². The van der Waals surface area contributed by atoms with Gasteiger partial charge in [0.2, 0.25) is 0 Å². The van der Waals surface area contributed by atoms with E-state index in [9.17, 15) is 0 Å². The van der Waals surface area contributed by atoms with E-state index in [0.717, 1.165) is 43.7 Å². The first-order valence-electron chi connectivity index (χ1n) is 10.8. The second-order valence-corrected chi connectivity index (χ2v) is 7.40. The van der Waals surface area contributed by atoms with Crippen LogP contribution >= 0.6 is 0 Å². The van der Waals surface area contributed by atoms with Crippen LogP contribution in [0.3, 0.4) is 0 Å². The molecule has 1 aliphatic rings. The highest BCUT2D eigenvalue weighted by Gasteiger charge is 2.20. The summed E-state index contributed by atoms with van der Waals surface area (Å²) in [4.78, 5) is 19.1. The minimum absolute atomic E-state index is 0.133. The second-order valence-electron chi connectivity index (χ2n) is 7.40. The maximum atomic E-state index is 6.08. The number of aryl methyl sites for hydroxylation is 1. The molecule has 0 radical (unpaired) electrons. The Morgan fingerprint density at radius 1 is 1.18 bits per heavy atom. The van der Waals surface area contributed by atoms with Gasteiger partial charge in [0.25, 0.3) is 0 Å². The molecule has 3 rings (SSSR count). The Kier molecular flexibility index (Phi) is 9.76. The Morgan fingerprint density at radius 3 is 2.67 bits per heavy atom. The maximum Gasteiger partial charge on any atom is 0.320 e. The summed E-state index contributed by atoms with van der Waals surface area (Å²) in [5, 5.41) is 0. The lowest BCUT2D eigenvalue weighted by Crippen LogP contribution is -2.27. The Balaban J connectivity index is 1.71. The maximum absolute atomic E-state index is 6.08. The molecule has 11 heteroatoms. The zero-order valence-electron chi connectivity index (χ0n) is 19.2. The molecule has 0 bridgehead atoms. The van der Waals surface area contributed by atoms with Crippen molar-refractivity contribution in [2.75, 3.05) is 58.0 Å². The van der Waals surface area contributed by atoms with Gasteiger partial charge in [-0.25, -0.2) is 0 Å². The number of nitrogen functional groups attached to an aromatic ring is 1. The number of nitrogens with zero attached hydrogens (tertiary/aromatic N) is 5. The van der Waals surface area contributed by atoms with Crippen molar-refractivity contribution < 1.29 is 23.7 Å². The van der Waals surface area contributed by atoms with Gasteiger partial charge in [-0.1, -0.05) is 6.07 Å². The molecule has 0 aliphatic carbocycles. The fourth-order valence-electron chi connectivity index (χ4n) is 3.32. The predicted octanol–water partition coefficient (Wildman–Crippen LogP) is 2.12. The first kappa shape index (κ1) is 24.8. The van der Waals surface area contributed by atoms with E-state index in [4.69, 9.17) is 29.4 Å². The monoisotopic (exact) mass is 460 g/mol. The quantitative estimate of drug-likeness (QED) is 0.270. The van der Waals surface area contributed by atoms with Gasteiger partial charge in [-0.3, -0.25) is 9.98 Å². The smallest absolute Gasteiger partial charge is 0.320 e. The summed E-state index contributed by atoms with van der Waals surface area (Å²) in [5.41, 5.74) is 8.39. The van der Waals surface area contributed by atoms with E-state index in [-0.39, 0.29) is 24.8 Å². The summed E-state index contributed by atoms with van der Waals surface area (Å²) >= 11 is 0. The van der Waals surface area contributed by atoms with Crippen molar-refractivity contribution in [2.24, 2.45) is 4.99 Å². The number of methoxy groups -OCH3 is 2. The minimum Gasteiger partial charge on any atom is -0.461 e. The third-order valence-electron chi connectivity index (χ3n) is 4.93. The number of rotatable bonds is 13. The van der Waals surface area contributed by atoms with E-state index < -0.39 is 0 Å². The van der Waals surface area contributed by atoms with Gasteiger partial charge in [0, 0.05) is 39.1 Å². The Morgan fingerprint density at radius 2 is 2.00 bits per heavy atom. The number of hydrogen-bond donors (Lipinski definition) is 1. The number of anilines is 2. The number of aromatic nitrogens is 3. The van der Waals surface area contributed by atoms with E-state index in [0.29, 0.717) is 31.3 Å². The molecule has 180 valence electrons. The highest BCUT2D eigenvalue weighted by atomic mass is 16.7. The van der Waals surface area contributed by atoms with Gasteiger partial charge in [0.1, 0.15) is 19.0 Å². The molecule has 0 unspecified atom stereocenters. The summed E-state index contributed by atoms with van der Waals surface area (Å²) in [6, 6.07) is 4.16. The summed E-state index contributed by atoms with van der Waals surface area (Å²) in [6.07, 6.45) is 4.20. The van der Waals surface area contributed by atoms with Gasteiger partial charge in [0.05, 0.1) is 19.8 Å². The minimum atomic E-state index is -0.147. The average Bonchev–Trinajstić information content (AvgIpc) is 2.84. The summed E-state index contributed by atoms with van der Waals surface area (Å²) in [5.74, 6) is 0.631. The summed E-state index contributed by atoms with van der Waals surface area (Å²) < 4.78 is 27.1. The van der Waals surface area contributed by atoms with Crippen molar-refractivity contribution in [3.05, 3.63) is 29.6 Å². The van der Waals surface area contributed by atoms with Crippen molar-refractivity contribution >= 4 is 24.0 Å². The van der Waals surface area contributed by atoms with Gasteiger partial charge < -0.3 is 34.3 Å². The first-order chi connectivity index (χ1) is 16.1. The molecule has 0 spiro atoms. The van der Waals surface area contributed by atoms with Crippen molar-refractivity contribution in [1.82, 2.24) is 15.0 Å². The van der Waals surface area contributed by atoms with Crippen molar-refractivity contribution in [1.29, 1.82) is 0 Å². The molecule has 1 saturated heterocycles. The fourth-order valence-corrected chi connectivity index (χ4v) is 3.32. The van der Waals surface area contributed by atoms with Crippen LogP contribution in [0, 0.1) is 0 Å². The highest BCUT2D eigenvalue weighted by molar-refractivity contribution is 5.75. The first-order valence-corrected chi connectivity index (χ1v) is 10.8. The molecule has 33 heavy (non-hydrogen) atoms. The van der Waals surface area contributed by atoms with E-state index >= 15 is 0 Å². The Bertz CT molecular complexity index is 876. The SMILES string of the molecule is C=Nc1c(N)nc(OCCOC)nc1N(COC)Cc1ccc(CCC2OCCCO2)nc1. The molecule has 0 amide bonds. The van der Waals surface area contributed by atoms with Crippen LogP contribution in [0.15, 0.2) is 23.3 Å². The molecule has 0 aromatic carbocycles. The molecule has 1 fully saturated rings. The fraction of sp³-hybridized carbons (Fsp3) is 0.545. The van der Waals surface area contributed by atoms with Crippen LogP contribution in [-0.4, -0.2) is 75.3 Å². The number of nitrogens with two attached hydrogens (primary N) is 1. The lowest BCUT2D eigenvalue weighted by Gasteiger charge is -2.25. The second kappa shape index (κ2) is 13.0. The predicted molar refractivity (Wildman–Crippen MR) is 124 cm³/mol. The van der Waals surface area contributed by atoms with Gasteiger partial charge >= 0.3 is 6.01 Å². The normalized spacial score (nSPS) is 14.2. The lowest BCUT2D eigenvalue weighted by molar-refractivity contribution is -0.180. The molecule has 0 atom stereocenters. The molecule has 2 aromatic heterocycles. The molecule has 0 saturated carbocycles. The average molecular weight is 461 g/mol. The summed E-state index contributed by atoms with van der Waals surface area (Å²) in [7, 11) is 3.19. The van der Waals surface area contributed by atoms with Gasteiger partial charge in [-0.05, 0) is 31.2 Å². The van der Waals surface area contributed by atoms with E-state index in [2.05, 4.69) is 26.7 Å². The van der Waals surface area contributed by atoms with Crippen LogP contribution < -0.4 is 15.4 Å². The number of ether oxygens (including phenoxy) is 5. The third-order valence-corrected chi connectivity index (χ3v) is 4.93. The zero-order valence-corrected chi connectivity index (χ0v) is 19.2. The van der Waals surface area contributed by atoms with Crippen LogP contribution in [0.2, 0.25) is 0 Å². The largest absolute Gasteiger partial charge is 0.461 e. The van der Waals surface area contributed by atoms with Crippen LogP contribution in [0.4, 0.5) is 17.3 Å². The molecule has 3 heterocycles. The number of pyridine rings is 1. The van der Waals surface area contributed by atoms with E-state index in [1.165, 1.54) is 0 Å². The van der Waals surface area contributed by atoms with Crippen molar-refractivity contribution in [3.8, 4) is 6.01 Å². The van der Waals surface area contributed by atoms with Gasteiger partial charge in [-0.2, -0.15) is 9.97 Å². The number of aliphatic imine (C=N–C) groups is 1. The number of hydrogen-bond acceptors (Lipinski definition) is 11. The van der Waals surface area contributed by atoms with Crippen molar-refractivity contribution in [3.63, 3.8) is 0 Å². The van der Waals surface area contributed by atoms with Crippen LogP contribution in [-0.2, 0) is 31.9 Å². The Hall–Kier alpha value is -2.86.